The van der Waals surface area contributed by atoms with Crippen LogP contribution < -0.4 is 14.8 Å². The third kappa shape index (κ3) is 3.46. The molecule has 3 rings (SSSR count). The van der Waals surface area contributed by atoms with Crippen LogP contribution in [0.3, 0.4) is 0 Å². The van der Waals surface area contributed by atoms with E-state index in [0.29, 0.717) is 0 Å². The van der Waals surface area contributed by atoms with E-state index in [4.69, 9.17) is 9.47 Å². The highest BCUT2D eigenvalue weighted by molar-refractivity contribution is 7.14. The Morgan fingerprint density at radius 2 is 1.91 bits per heavy atom. The van der Waals surface area contributed by atoms with Crippen LogP contribution in [-0.2, 0) is 0 Å². The van der Waals surface area contributed by atoms with E-state index >= 15 is 0 Å². The predicted octanol–water partition coefficient (Wildman–Crippen LogP) is 4.88. The molecule has 2 aromatic carbocycles. The van der Waals surface area contributed by atoms with Gasteiger partial charge in [-0.1, -0.05) is 12.1 Å². The predicted molar refractivity (Wildman–Crippen MR) is 95.1 cm³/mol. The summed E-state index contributed by atoms with van der Waals surface area (Å²) in [6, 6.07) is 14.0. The third-order valence-corrected chi connectivity index (χ3v) is 4.22. The Hall–Kier alpha value is -2.53. The van der Waals surface area contributed by atoms with Gasteiger partial charge in [-0.3, -0.25) is 0 Å². The molecule has 0 saturated heterocycles. The summed E-state index contributed by atoms with van der Waals surface area (Å²) in [6.07, 6.45) is 0. The van der Waals surface area contributed by atoms with Gasteiger partial charge in [0.2, 0.25) is 0 Å². The van der Waals surface area contributed by atoms with E-state index in [1.54, 1.807) is 25.6 Å². The van der Waals surface area contributed by atoms with Crippen molar-refractivity contribution in [2.24, 2.45) is 0 Å². The number of ether oxygens (including phenoxy) is 2. The highest BCUT2D eigenvalue weighted by atomic mass is 32.1. The van der Waals surface area contributed by atoms with Gasteiger partial charge >= 0.3 is 0 Å². The minimum Gasteiger partial charge on any atom is -0.497 e. The minimum atomic E-state index is 0.747. The van der Waals surface area contributed by atoms with E-state index in [0.717, 1.165) is 33.6 Å². The molecule has 23 heavy (non-hydrogen) atoms. The number of hydrogen-bond donors (Lipinski definition) is 1. The van der Waals surface area contributed by atoms with Crippen molar-refractivity contribution in [2.45, 2.75) is 6.92 Å². The zero-order valence-corrected chi connectivity index (χ0v) is 14.1. The van der Waals surface area contributed by atoms with Gasteiger partial charge < -0.3 is 14.8 Å². The first kappa shape index (κ1) is 15.4. The van der Waals surface area contributed by atoms with E-state index in [9.17, 15) is 0 Å². The summed E-state index contributed by atoms with van der Waals surface area (Å²) < 4.78 is 10.7. The van der Waals surface area contributed by atoms with Gasteiger partial charge in [0.1, 0.15) is 11.5 Å². The number of thiazole rings is 1. The molecule has 0 saturated carbocycles. The molecular weight excluding hydrogens is 308 g/mol. The fraction of sp³-hybridized carbons (Fsp3) is 0.167. The lowest BCUT2D eigenvalue weighted by atomic mass is 10.1. The maximum atomic E-state index is 5.45. The molecule has 0 atom stereocenters. The number of hydrogen-bond acceptors (Lipinski definition) is 5. The van der Waals surface area contributed by atoms with E-state index in [1.807, 2.05) is 35.7 Å². The lowest BCUT2D eigenvalue weighted by Crippen LogP contribution is -1.92. The molecule has 0 amide bonds. The fourth-order valence-corrected chi connectivity index (χ4v) is 3.04. The van der Waals surface area contributed by atoms with Gasteiger partial charge in [0.05, 0.1) is 19.9 Å². The summed E-state index contributed by atoms with van der Waals surface area (Å²) in [5, 5.41) is 6.20. The topological polar surface area (TPSA) is 43.4 Å². The largest absolute Gasteiger partial charge is 0.497 e. The monoisotopic (exact) mass is 326 g/mol. The third-order valence-electron chi connectivity index (χ3n) is 3.46. The van der Waals surface area contributed by atoms with E-state index in [2.05, 4.69) is 29.4 Å². The summed E-state index contributed by atoms with van der Waals surface area (Å²) in [5.74, 6) is 1.51. The van der Waals surface area contributed by atoms with E-state index < -0.39 is 0 Å². The summed E-state index contributed by atoms with van der Waals surface area (Å²) in [5.41, 5.74) is 4.07. The Morgan fingerprint density at radius 1 is 1.04 bits per heavy atom. The molecule has 1 aromatic heterocycles. The molecule has 5 heteroatoms. The SMILES string of the molecule is COc1ccc(-c2csc(Nc3cccc(C)c3)n2)c(OC)c1. The zero-order chi connectivity index (χ0) is 16.2. The summed E-state index contributed by atoms with van der Waals surface area (Å²) >= 11 is 1.57. The van der Waals surface area contributed by atoms with Crippen LogP contribution in [0.25, 0.3) is 11.3 Å². The second kappa shape index (κ2) is 6.71. The standard InChI is InChI=1S/C18H18N2O2S/c1-12-5-4-6-13(9-12)19-18-20-16(11-23-18)15-8-7-14(21-2)10-17(15)22-3/h4-11H,1-3H3,(H,19,20). The van der Waals surface area contributed by atoms with Crippen LogP contribution in [0.4, 0.5) is 10.8 Å². The molecule has 3 aromatic rings. The van der Waals surface area contributed by atoms with Crippen molar-refractivity contribution in [3.63, 3.8) is 0 Å². The minimum absolute atomic E-state index is 0.747. The van der Waals surface area contributed by atoms with Crippen molar-refractivity contribution in [3.8, 4) is 22.8 Å². The number of aromatic nitrogens is 1. The maximum Gasteiger partial charge on any atom is 0.187 e. The van der Waals surface area contributed by atoms with E-state index in [1.165, 1.54) is 5.56 Å². The average molecular weight is 326 g/mol. The molecule has 0 spiro atoms. The van der Waals surface area contributed by atoms with Gasteiger partial charge in [-0.25, -0.2) is 4.98 Å². The van der Waals surface area contributed by atoms with Crippen molar-refractivity contribution < 1.29 is 9.47 Å². The first-order valence-corrected chi connectivity index (χ1v) is 8.09. The Kier molecular flexibility index (Phi) is 4.48. The number of rotatable bonds is 5. The van der Waals surface area contributed by atoms with Crippen LogP contribution in [-0.4, -0.2) is 19.2 Å². The molecule has 0 bridgehead atoms. The fourth-order valence-electron chi connectivity index (χ4n) is 2.31. The number of nitrogens with zero attached hydrogens (tertiary/aromatic N) is 1. The molecule has 0 unspecified atom stereocenters. The molecule has 0 aliphatic carbocycles. The van der Waals surface area contributed by atoms with Crippen molar-refractivity contribution in [2.75, 3.05) is 19.5 Å². The smallest absolute Gasteiger partial charge is 0.187 e. The Balaban J connectivity index is 1.87. The average Bonchev–Trinajstić information content (AvgIpc) is 3.02. The Labute approximate surface area is 139 Å². The summed E-state index contributed by atoms with van der Waals surface area (Å²) in [6.45, 7) is 2.07. The van der Waals surface area contributed by atoms with Crippen LogP contribution in [0.2, 0.25) is 0 Å². The maximum absolute atomic E-state index is 5.45. The molecular formula is C18H18N2O2S. The first-order valence-electron chi connectivity index (χ1n) is 7.21. The summed E-state index contributed by atoms with van der Waals surface area (Å²) in [4.78, 5) is 4.66. The van der Waals surface area contributed by atoms with Crippen LogP contribution in [0.15, 0.2) is 47.8 Å². The number of methoxy groups -OCH3 is 2. The zero-order valence-electron chi connectivity index (χ0n) is 13.3. The second-order valence-electron chi connectivity index (χ2n) is 5.10. The van der Waals surface area contributed by atoms with Gasteiger partial charge in [-0.15, -0.1) is 11.3 Å². The Morgan fingerprint density at radius 3 is 2.65 bits per heavy atom. The van der Waals surface area contributed by atoms with Crippen molar-refractivity contribution in [1.82, 2.24) is 4.98 Å². The number of anilines is 2. The van der Waals surface area contributed by atoms with Crippen LogP contribution in [0.5, 0.6) is 11.5 Å². The van der Waals surface area contributed by atoms with Crippen molar-refractivity contribution in [3.05, 3.63) is 53.4 Å². The molecule has 4 nitrogen and oxygen atoms in total. The molecule has 1 N–H and O–H groups in total. The van der Waals surface area contributed by atoms with Crippen LogP contribution in [0.1, 0.15) is 5.56 Å². The Bertz CT molecular complexity index is 814. The van der Waals surface area contributed by atoms with Gasteiger partial charge in [-0.05, 0) is 36.8 Å². The highest BCUT2D eigenvalue weighted by Crippen LogP contribution is 2.35. The lowest BCUT2D eigenvalue weighted by molar-refractivity contribution is 0.395. The molecule has 0 aliphatic heterocycles. The first-order chi connectivity index (χ1) is 11.2. The molecule has 0 radical (unpaired) electrons. The van der Waals surface area contributed by atoms with Gasteiger partial charge in [-0.2, -0.15) is 0 Å². The van der Waals surface area contributed by atoms with Crippen LogP contribution >= 0.6 is 11.3 Å². The lowest BCUT2D eigenvalue weighted by Gasteiger charge is -2.08. The number of benzene rings is 2. The molecule has 0 aliphatic rings. The van der Waals surface area contributed by atoms with Gasteiger partial charge in [0, 0.05) is 22.7 Å². The van der Waals surface area contributed by atoms with Gasteiger partial charge in [0.15, 0.2) is 5.13 Å². The quantitative estimate of drug-likeness (QED) is 0.726. The number of aryl methyl sites for hydroxylation is 1. The van der Waals surface area contributed by atoms with Crippen LogP contribution in [0, 0.1) is 6.92 Å². The molecule has 1 heterocycles. The normalized spacial score (nSPS) is 10.4. The summed E-state index contributed by atoms with van der Waals surface area (Å²) in [7, 11) is 3.29. The highest BCUT2D eigenvalue weighted by Gasteiger charge is 2.11. The van der Waals surface area contributed by atoms with Crippen molar-refractivity contribution >= 4 is 22.2 Å². The second-order valence-corrected chi connectivity index (χ2v) is 5.96. The number of nitrogens with one attached hydrogen (secondary N) is 1. The van der Waals surface area contributed by atoms with E-state index in [-0.39, 0.29) is 0 Å². The van der Waals surface area contributed by atoms with Gasteiger partial charge in [0.25, 0.3) is 0 Å². The molecule has 0 fully saturated rings. The molecule has 118 valence electrons. The van der Waals surface area contributed by atoms with Crippen molar-refractivity contribution in [1.29, 1.82) is 0 Å².